The van der Waals surface area contributed by atoms with Gasteiger partial charge in [-0.2, -0.15) is 4.31 Å². The molecule has 31 heavy (non-hydrogen) atoms. The average molecular weight is 453 g/mol. The van der Waals surface area contributed by atoms with Gasteiger partial charge < -0.3 is 14.8 Å². The van der Waals surface area contributed by atoms with Crippen LogP contribution < -0.4 is 5.32 Å². The molecule has 1 saturated carbocycles. The Morgan fingerprint density at radius 2 is 1.77 bits per heavy atom. The van der Waals surface area contributed by atoms with Gasteiger partial charge in [0, 0.05) is 19.1 Å². The van der Waals surface area contributed by atoms with Crippen LogP contribution in [0.3, 0.4) is 0 Å². The molecule has 1 heterocycles. The smallest absolute Gasteiger partial charge is 0.338 e. The number of nitrogens with one attached hydrogen (secondary N) is 1. The van der Waals surface area contributed by atoms with Gasteiger partial charge in [-0.1, -0.05) is 25.3 Å². The number of morpholine rings is 1. The van der Waals surface area contributed by atoms with Crippen molar-refractivity contribution in [2.24, 2.45) is 0 Å². The summed E-state index contributed by atoms with van der Waals surface area (Å²) in [6.07, 6.45) is 3.83. The summed E-state index contributed by atoms with van der Waals surface area (Å²) < 4.78 is 38.4. The molecule has 9 heteroatoms. The molecule has 0 bridgehead atoms. The van der Waals surface area contributed by atoms with Crippen molar-refractivity contribution in [2.75, 3.05) is 13.1 Å². The summed E-state index contributed by atoms with van der Waals surface area (Å²) in [5, 5.41) is 2.93. The minimum Gasteiger partial charge on any atom is -0.449 e. The van der Waals surface area contributed by atoms with Gasteiger partial charge in [0.15, 0.2) is 6.10 Å². The third-order valence-corrected chi connectivity index (χ3v) is 7.53. The molecule has 0 radical (unpaired) electrons. The molecule has 3 rings (SSSR count). The van der Waals surface area contributed by atoms with Crippen molar-refractivity contribution >= 4 is 21.9 Å². The molecular weight excluding hydrogens is 420 g/mol. The Bertz CT molecular complexity index is 887. The van der Waals surface area contributed by atoms with Crippen LogP contribution in [0.25, 0.3) is 0 Å². The fourth-order valence-electron chi connectivity index (χ4n) is 4.11. The zero-order valence-corrected chi connectivity index (χ0v) is 19.2. The molecule has 1 aliphatic carbocycles. The van der Waals surface area contributed by atoms with Crippen LogP contribution in [0.5, 0.6) is 0 Å². The van der Waals surface area contributed by atoms with E-state index in [0.29, 0.717) is 0 Å². The molecule has 2 fully saturated rings. The summed E-state index contributed by atoms with van der Waals surface area (Å²) >= 11 is 0. The zero-order valence-electron chi connectivity index (χ0n) is 18.4. The number of amides is 1. The van der Waals surface area contributed by atoms with Gasteiger partial charge >= 0.3 is 5.97 Å². The Kier molecular flexibility index (Phi) is 7.72. The Labute approximate surface area is 184 Å². The van der Waals surface area contributed by atoms with E-state index in [1.807, 2.05) is 13.8 Å². The van der Waals surface area contributed by atoms with E-state index >= 15 is 0 Å². The molecule has 1 saturated heterocycles. The molecule has 2 aliphatic rings. The van der Waals surface area contributed by atoms with Gasteiger partial charge in [0.2, 0.25) is 10.0 Å². The second-order valence-electron chi connectivity index (χ2n) is 8.50. The highest BCUT2D eigenvalue weighted by Gasteiger charge is 2.32. The average Bonchev–Trinajstić information content (AvgIpc) is 2.73. The quantitative estimate of drug-likeness (QED) is 0.666. The fraction of sp³-hybridized carbons (Fsp3) is 0.636. The first-order valence-electron chi connectivity index (χ1n) is 10.9. The van der Waals surface area contributed by atoms with Crippen LogP contribution in [0, 0.1) is 0 Å². The van der Waals surface area contributed by atoms with Crippen LogP contribution in [-0.4, -0.2) is 62.0 Å². The molecule has 1 amide bonds. The highest BCUT2D eigenvalue weighted by molar-refractivity contribution is 7.89. The maximum atomic E-state index is 13.1. The van der Waals surface area contributed by atoms with E-state index in [2.05, 4.69) is 5.32 Å². The van der Waals surface area contributed by atoms with Crippen LogP contribution in [0.2, 0.25) is 0 Å². The summed E-state index contributed by atoms with van der Waals surface area (Å²) in [6.45, 7) is 5.67. The van der Waals surface area contributed by atoms with Crippen LogP contribution in [-0.2, 0) is 24.3 Å². The van der Waals surface area contributed by atoms with Crippen LogP contribution in [0.4, 0.5) is 0 Å². The molecule has 8 nitrogen and oxygen atoms in total. The van der Waals surface area contributed by atoms with Crippen molar-refractivity contribution in [1.82, 2.24) is 9.62 Å². The van der Waals surface area contributed by atoms with Crippen LogP contribution in [0.1, 0.15) is 63.2 Å². The predicted molar refractivity (Wildman–Crippen MR) is 115 cm³/mol. The van der Waals surface area contributed by atoms with E-state index < -0.39 is 22.1 Å². The SMILES string of the molecule is C[C@@H]1CN(S(=O)(=O)c2cccc(C(=O)O[C@H](C)C(=O)NC3CCCCC3)c2)C[C@H](C)O1. The second kappa shape index (κ2) is 10.1. The lowest BCUT2D eigenvalue weighted by Gasteiger charge is -2.34. The van der Waals surface area contributed by atoms with E-state index in [1.165, 1.54) is 41.9 Å². The molecule has 1 aromatic carbocycles. The summed E-state index contributed by atoms with van der Waals surface area (Å²) in [6, 6.07) is 5.86. The number of benzene rings is 1. The molecule has 3 atom stereocenters. The lowest BCUT2D eigenvalue weighted by atomic mass is 9.95. The molecule has 1 aliphatic heterocycles. The maximum absolute atomic E-state index is 13.1. The number of carbonyl (C=O) groups is 2. The normalized spacial score (nSPS) is 24.4. The highest BCUT2D eigenvalue weighted by Crippen LogP contribution is 2.22. The Balaban J connectivity index is 1.66. The zero-order chi connectivity index (χ0) is 22.6. The second-order valence-corrected chi connectivity index (χ2v) is 10.4. The van der Waals surface area contributed by atoms with Gasteiger partial charge in [0.05, 0.1) is 22.7 Å². The lowest BCUT2D eigenvalue weighted by molar-refractivity contribution is -0.130. The molecule has 0 unspecified atom stereocenters. The van der Waals surface area contributed by atoms with Gasteiger partial charge in [0.1, 0.15) is 0 Å². The first-order chi connectivity index (χ1) is 14.7. The predicted octanol–water partition coefficient (Wildman–Crippen LogP) is 2.48. The topological polar surface area (TPSA) is 102 Å². The van der Waals surface area contributed by atoms with Crippen LogP contribution >= 0.6 is 0 Å². The number of nitrogens with zero attached hydrogens (tertiary/aromatic N) is 1. The molecule has 1 aromatic rings. The van der Waals surface area contributed by atoms with Crippen molar-refractivity contribution in [3.8, 4) is 0 Å². The number of ether oxygens (including phenoxy) is 2. The van der Waals surface area contributed by atoms with Gasteiger partial charge in [-0.3, -0.25) is 4.79 Å². The third-order valence-electron chi connectivity index (χ3n) is 5.70. The monoisotopic (exact) mass is 452 g/mol. The minimum absolute atomic E-state index is 0.0163. The van der Waals surface area contributed by atoms with E-state index in [1.54, 1.807) is 0 Å². The highest BCUT2D eigenvalue weighted by atomic mass is 32.2. The van der Waals surface area contributed by atoms with Crippen LogP contribution in [0.15, 0.2) is 29.2 Å². The van der Waals surface area contributed by atoms with Gasteiger partial charge in [-0.25, -0.2) is 13.2 Å². The van der Waals surface area contributed by atoms with Crippen molar-refractivity contribution in [1.29, 1.82) is 0 Å². The van der Waals surface area contributed by atoms with Gasteiger partial charge in [-0.15, -0.1) is 0 Å². The Hall–Kier alpha value is -1.97. The number of carbonyl (C=O) groups excluding carboxylic acids is 2. The van der Waals surface area contributed by atoms with Crippen molar-refractivity contribution in [3.05, 3.63) is 29.8 Å². The standard InChI is InChI=1S/C22H32N2O6S/c1-15-13-24(14-16(2)29-15)31(27,28)20-11-7-8-18(12-20)22(26)30-17(3)21(25)23-19-9-5-4-6-10-19/h7-8,11-12,15-17,19H,4-6,9-10,13-14H2,1-3H3,(H,23,25)/t15-,16+,17-/m1/s1. The number of sulfonamides is 1. The first-order valence-corrected chi connectivity index (χ1v) is 12.4. The van der Waals surface area contributed by atoms with E-state index in [0.717, 1.165) is 25.7 Å². The van der Waals surface area contributed by atoms with Crippen molar-refractivity contribution in [2.45, 2.75) is 82.1 Å². The summed E-state index contributed by atoms with van der Waals surface area (Å²) in [4.78, 5) is 25.0. The number of hydrogen-bond donors (Lipinski definition) is 1. The molecule has 0 aromatic heterocycles. The first kappa shape index (κ1) is 23.7. The largest absolute Gasteiger partial charge is 0.449 e. The minimum atomic E-state index is -3.78. The van der Waals surface area contributed by atoms with Crippen molar-refractivity contribution in [3.63, 3.8) is 0 Å². The number of rotatable bonds is 6. The third kappa shape index (κ3) is 6.05. The number of esters is 1. The van der Waals surface area contributed by atoms with Crippen molar-refractivity contribution < 1.29 is 27.5 Å². The van der Waals surface area contributed by atoms with E-state index in [-0.39, 0.29) is 47.7 Å². The van der Waals surface area contributed by atoms with Gasteiger partial charge in [-0.05, 0) is 51.8 Å². The molecule has 172 valence electrons. The fourth-order valence-corrected chi connectivity index (χ4v) is 5.74. The summed E-state index contributed by atoms with van der Waals surface area (Å²) in [5.74, 6) is -1.06. The lowest BCUT2D eigenvalue weighted by Crippen LogP contribution is -2.48. The maximum Gasteiger partial charge on any atom is 0.338 e. The Morgan fingerprint density at radius 3 is 2.42 bits per heavy atom. The van der Waals surface area contributed by atoms with E-state index in [4.69, 9.17) is 9.47 Å². The summed E-state index contributed by atoms with van der Waals surface area (Å²) in [5.41, 5.74) is 0.0905. The van der Waals surface area contributed by atoms with Gasteiger partial charge in [0.25, 0.3) is 5.91 Å². The molecular formula is C22H32N2O6S. The molecule has 1 N–H and O–H groups in total. The summed E-state index contributed by atoms with van der Waals surface area (Å²) in [7, 11) is -3.78. The molecule has 0 spiro atoms. The van der Waals surface area contributed by atoms with E-state index in [9.17, 15) is 18.0 Å². The number of hydrogen-bond acceptors (Lipinski definition) is 6. The Morgan fingerprint density at radius 1 is 1.13 bits per heavy atom.